The number of amides is 1. The number of piperazine rings is 1. The molecule has 0 bridgehead atoms. The third-order valence-corrected chi connectivity index (χ3v) is 5.20. The molecular weight excluding hydrogens is 387 g/mol. The van der Waals surface area contributed by atoms with Crippen molar-refractivity contribution in [2.75, 3.05) is 26.2 Å². The minimum absolute atomic E-state index is 0.170. The van der Waals surface area contributed by atoms with Gasteiger partial charge in [0.25, 0.3) is 0 Å². The van der Waals surface area contributed by atoms with Crippen LogP contribution in [0.2, 0.25) is 0 Å². The van der Waals surface area contributed by atoms with Crippen molar-refractivity contribution in [2.45, 2.75) is 6.54 Å². The molecule has 0 saturated carbocycles. The number of halogens is 1. The van der Waals surface area contributed by atoms with Gasteiger partial charge >= 0.3 is 12.0 Å². The predicted molar refractivity (Wildman–Crippen MR) is 109 cm³/mol. The number of carboxylic acids is 1. The second-order valence-corrected chi connectivity index (χ2v) is 7.17. The van der Waals surface area contributed by atoms with Gasteiger partial charge in [0, 0.05) is 44.5 Å². The van der Waals surface area contributed by atoms with Crippen molar-refractivity contribution in [3.05, 3.63) is 77.9 Å². The SMILES string of the molecule is O=C(O)c1ccn(C(=O)N2CCN(Cc3ccc(-c4ccccc4)cc3F)CC2)n1. The van der Waals surface area contributed by atoms with Gasteiger partial charge in [0.1, 0.15) is 5.82 Å². The summed E-state index contributed by atoms with van der Waals surface area (Å²) >= 11 is 0. The van der Waals surface area contributed by atoms with Crippen molar-refractivity contribution in [1.29, 1.82) is 0 Å². The van der Waals surface area contributed by atoms with Crippen LogP contribution >= 0.6 is 0 Å². The molecule has 0 spiro atoms. The number of carboxylic acid groups (broad SMARTS) is 1. The van der Waals surface area contributed by atoms with Gasteiger partial charge in [0.15, 0.2) is 5.69 Å². The summed E-state index contributed by atoms with van der Waals surface area (Å²) in [5.41, 5.74) is 2.26. The Morgan fingerprint density at radius 1 is 0.967 bits per heavy atom. The van der Waals surface area contributed by atoms with E-state index < -0.39 is 5.97 Å². The maximum Gasteiger partial charge on any atom is 0.356 e. The van der Waals surface area contributed by atoms with Crippen molar-refractivity contribution < 1.29 is 19.1 Å². The number of hydrogen-bond acceptors (Lipinski definition) is 4. The maximum absolute atomic E-state index is 14.6. The standard InChI is InChI=1S/C22H21FN4O3/c23-19-14-17(16-4-2-1-3-5-16)6-7-18(19)15-25-10-12-26(13-11-25)22(30)27-9-8-20(24-27)21(28)29/h1-9,14H,10-13,15H2,(H,28,29). The molecule has 0 aliphatic carbocycles. The summed E-state index contributed by atoms with van der Waals surface area (Å²) in [5.74, 6) is -1.42. The van der Waals surface area contributed by atoms with Crippen LogP contribution < -0.4 is 0 Å². The van der Waals surface area contributed by atoms with Gasteiger partial charge in [0.2, 0.25) is 0 Å². The molecule has 1 aliphatic rings. The fourth-order valence-electron chi connectivity index (χ4n) is 3.51. The normalized spacial score (nSPS) is 14.6. The highest BCUT2D eigenvalue weighted by molar-refractivity contribution is 5.86. The van der Waals surface area contributed by atoms with Crippen LogP contribution in [0.25, 0.3) is 11.1 Å². The molecule has 2 heterocycles. The topological polar surface area (TPSA) is 78.7 Å². The van der Waals surface area contributed by atoms with E-state index in [1.165, 1.54) is 12.3 Å². The number of rotatable bonds is 4. The van der Waals surface area contributed by atoms with Crippen LogP contribution in [0.15, 0.2) is 60.8 Å². The summed E-state index contributed by atoms with van der Waals surface area (Å²) in [6, 6.07) is 15.9. The van der Waals surface area contributed by atoms with Crippen LogP contribution in [0.5, 0.6) is 0 Å². The van der Waals surface area contributed by atoms with Crippen LogP contribution in [-0.2, 0) is 6.54 Å². The lowest BCUT2D eigenvalue weighted by Gasteiger charge is -2.34. The Kier molecular flexibility index (Phi) is 5.58. The molecule has 8 heteroatoms. The smallest absolute Gasteiger partial charge is 0.356 e. The number of hydrogen-bond donors (Lipinski definition) is 1. The van der Waals surface area contributed by atoms with E-state index in [1.807, 2.05) is 42.5 Å². The first-order valence-electron chi connectivity index (χ1n) is 9.66. The molecule has 30 heavy (non-hydrogen) atoms. The monoisotopic (exact) mass is 408 g/mol. The van der Waals surface area contributed by atoms with E-state index in [-0.39, 0.29) is 17.5 Å². The van der Waals surface area contributed by atoms with Crippen molar-refractivity contribution in [3.63, 3.8) is 0 Å². The molecule has 1 fully saturated rings. The largest absolute Gasteiger partial charge is 0.476 e. The molecule has 7 nitrogen and oxygen atoms in total. The van der Waals surface area contributed by atoms with Crippen LogP contribution in [0, 0.1) is 5.82 Å². The van der Waals surface area contributed by atoms with Gasteiger partial charge in [0.05, 0.1) is 0 Å². The molecule has 0 unspecified atom stereocenters. The van der Waals surface area contributed by atoms with E-state index in [9.17, 15) is 14.0 Å². The van der Waals surface area contributed by atoms with Gasteiger partial charge in [-0.1, -0.05) is 42.5 Å². The van der Waals surface area contributed by atoms with Crippen molar-refractivity contribution in [1.82, 2.24) is 19.6 Å². The number of carbonyl (C=O) groups is 2. The summed E-state index contributed by atoms with van der Waals surface area (Å²) in [6.45, 7) is 2.58. The Balaban J connectivity index is 1.35. The Morgan fingerprint density at radius 2 is 1.70 bits per heavy atom. The summed E-state index contributed by atoms with van der Waals surface area (Å²) < 4.78 is 15.7. The molecule has 1 N–H and O–H groups in total. The fraction of sp³-hybridized carbons (Fsp3) is 0.227. The molecule has 0 radical (unpaired) electrons. The van der Waals surface area contributed by atoms with Crippen LogP contribution in [-0.4, -0.2) is 62.9 Å². The molecule has 1 saturated heterocycles. The molecule has 1 aliphatic heterocycles. The minimum atomic E-state index is -1.17. The number of nitrogens with zero attached hydrogens (tertiary/aromatic N) is 4. The molecule has 4 rings (SSSR count). The lowest BCUT2D eigenvalue weighted by molar-refractivity contribution is 0.0689. The second kappa shape index (κ2) is 8.46. The number of carbonyl (C=O) groups excluding carboxylic acids is 1. The summed E-state index contributed by atoms with van der Waals surface area (Å²) in [6.07, 6.45) is 1.35. The quantitative estimate of drug-likeness (QED) is 0.717. The van der Waals surface area contributed by atoms with Crippen molar-refractivity contribution in [2.24, 2.45) is 0 Å². The minimum Gasteiger partial charge on any atom is -0.476 e. The molecule has 1 amide bonds. The Hall–Kier alpha value is -3.52. The van der Waals surface area contributed by atoms with Gasteiger partial charge in [-0.05, 0) is 23.3 Å². The van der Waals surface area contributed by atoms with E-state index in [0.717, 1.165) is 15.8 Å². The van der Waals surface area contributed by atoms with Gasteiger partial charge in [-0.2, -0.15) is 9.78 Å². The zero-order chi connectivity index (χ0) is 21.1. The average Bonchev–Trinajstić information content (AvgIpc) is 3.26. The molecule has 154 valence electrons. The van der Waals surface area contributed by atoms with E-state index in [0.29, 0.717) is 38.3 Å². The first-order chi connectivity index (χ1) is 14.5. The van der Waals surface area contributed by atoms with Gasteiger partial charge in [-0.3, -0.25) is 4.90 Å². The fourth-order valence-corrected chi connectivity index (χ4v) is 3.51. The third-order valence-electron chi connectivity index (χ3n) is 5.20. The zero-order valence-corrected chi connectivity index (χ0v) is 16.2. The third kappa shape index (κ3) is 4.23. The maximum atomic E-state index is 14.6. The van der Waals surface area contributed by atoms with Gasteiger partial charge in [-0.25, -0.2) is 14.0 Å². The number of aromatic nitrogens is 2. The van der Waals surface area contributed by atoms with E-state index in [2.05, 4.69) is 10.00 Å². The van der Waals surface area contributed by atoms with Crippen LogP contribution in [0.4, 0.5) is 9.18 Å². The molecular formula is C22H21FN4O3. The molecule has 1 aromatic heterocycles. The summed E-state index contributed by atoms with van der Waals surface area (Å²) in [5, 5.41) is 12.7. The first-order valence-corrected chi connectivity index (χ1v) is 9.66. The highest BCUT2D eigenvalue weighted by atomic mass is 19.1. The van der Waals surface area contributed by atoms with Crippen LogP contribution in [0.1, 0.15) is 16.1 Å². The van der Waals surface area contributed by atoms with Crippen molar-refractivity contribution >= 4 is 12.0 Å². The Labute approximate surface area is 173 Å². The highest BCUT2D eigenvalue weighted by Crippen LogP contribution is 2.22. The molecule has 2 aromatic carbocycles. The average molecular weight is 408 g/mol. The van der Waals surface area contributed by atoms with Crippen LogP contribution in [0.3, 0.4) is 0 Å². The van der Waals surface area contributed by atoms with E-state index >= 15 is 0 Å². The summed E-state index contributed by atoms with van der Waals surface area (Å²) in [4.78, 5) is 27.1. The molecule has 0 atom stereocenters. The van der Waals surface area contributed by atoms with Gasteiger partial charge in [-0.15, -0.1) is 0 Å². The zero-order valence-electron chi connectivity index (χ0n) is 16.2. The Morgan fingerprint density at radius 3 is 2.33 bits per heavy atom. The van der Waals surface area contributed by atoms with E-state index in [1.54, 1.807) is 11.0 Å². The Bertz CT molecular complexity index is 1060. The molecule has 3 aromatic rings. The summed E-state index contributed by atoms with van der Waals surface area (Å²) in [7, 11) is 0. The lowest BCUT2D eigenvalue weighted by atomic mass is 10.0. The van der Waals surface area contributed by atoms with Crippen molar-refractivity contribution in [3.8, 4) is 11.1 Å². The second-order valence-electron chi connectivity index (χ2n) is 7.17. The van der Waals surface area contributed by atoms with Gasteiger partial charge < -0.3 is 10.0 Å². The predicted octanol–water partition coefficient (Wildman–Crippen LogP) is 3.17. The number of benzene rings is 2. The lowest BCUT2D eigenvalue weighted by Crippen LogP contribution is -2.49. The number of aromatic carboxylic acids is 1. The first kappa shape index (κ1) is 19.8. The van der Waals surface area contributed by atoms with E-state index in [4.69, 9.17) is 5.11 Å². The highest BCUT2D eigenvalue weighted by Gasteiger charge is 2.24.